The molecule has 0 aliphatic rings. The summed E-state index contributed by atoms with van der Waals surface area (Å²) in [5, 5.41) is 16.6. The molecular formula is C7H9NO3. The van der Waals surface area contributed by atoms with Gasteiger partial charge in [0.2, 0.25) is 0 Å². The number of Topliss-reactive ketones (excluding diaryl/α,β-unsaturated/α-hetero) is 1. The lowest BCUT2D eigenvalue weighted by molar-refractivity contribution is -0.152. The Morgan fingerprint density at radius 1 is 1.55 bits per heavy atom. The van der Waals surface area contributed by atoms with Crippen molar-refractivity contribution in [1.82, 2.24) is 0 Å². The molecule has 4 nitrogen and oxygen atoms in total. The molecule has 11 heavy (non-hydrogen) atoms. The highest BCUT2D eigenvalue weighted by Crippen LogP contribution is 2.17. The maximum Gasteiger partial charge on any atom is 0.316 e. The zero-order valence-electron chi connectivity index (χ0n) is 6.42. The van der Waals surface area contributed by atoms with Gasteiger partial charge in [-0.25, -0.2) is 0 Å². The molecule has 0 rings (SSSR count). The van der Waals surface area contributed by atoms with Crippen LogP contribution in [-0.4, -0.2) is 16.9 Å². The van der Waals surface area contributed by atoms with E-state index in [0.717, 1.165) is 0 Å². The average molecular weight is 155 g/mol. The van der Waals surface area contributed by atoms with Gasteiger partial charge in [0, 0.05) is 0 Å². The molecular weight excluding hydrogens is 146 g/mol. The summed E-state index contributed by atoms with van der Waals surface area (Å²) in [5.74, 6) is -1.76. The second kappa shape index (κ2) is 3.15. The standard InChI is InChI=1S/C7H9NO3/c1-7(2,6(10)11)5(9)3-4-8/h3H2,1-2H3,(H,10,11). The van der Waals surface area contributed by atoms with Crippen molar-refractivity contribution >= 4 is 11.8 Å². The fourth-order valence-corrected chi connectivity index (χ4v) is 0.412. The normalized spacial score (nSPS) is 10.3. The van der Waals surface area contributed by atoms with Gasteiger partial charge in [-0.05, 0) is 13.8 Å². The number of nitriles is 1. The van der Waals surface area contributed by atoms with Crippen molar-refractivity contribution in [2.24, 2.45) is 5.41 Å². The number of rotatable bonds is 3. The van der Waals surface area contributed by atoms with E-state index in [9.17, 15) is 9.59 Å². The Hall–Kier alpha value is -1.37. The number of carboxylic acid groups (broad SMARTS) is 1. The van der Waals surface area contributed by atoms with Crippen molar-refractivity contribution in [3.63, 3.8) is 0 Å². The molecule has 0 aromatic rings. The minimum absolute atomic E-state index is 0.348. The van der Waals surface area contributed by atoms with Gasteiger partial charge in [-0.1, -0.05) is 0 Å². The van der Waals surface area contributed by atoms with Gasteiger partial charge in [-0.15, -0.1) is 0 Å². The van der Waals surface area contributed by atoms with E-state index in [0.29, 0.717) is 0 Å². The van der Waals surface area contributed by atoms with Crippen LogP contribution in [0.3, 0.4) is 0 Å². The lowest BCUT2D eigenvalue weighted by Gasteiger charge is -2.14. The monoisotopic (exact) mass is 155 g/mol. The van der Waals surface area contributed by atoms with E-state index in [1.807, 2.05) is 0 Å². The molecule has 60 valence electrons. The maximum absolute atomic E-state index is 10.9. The molecule has 0 saturated heterocycles. The quantitative estimate of drug-likeness (QED) is 0.604. The molecule has 4 heteroatoms. The van der Waals surface area contributed by atoms with Gasteiger partial charge in [0.15, 0.2) is 5.78 Å². The summed E-state index contributed by atoms with van der Waals surface area (Å²) in [4.78, 5) is 21.3. The number of carbonyl (C=O) groups excluding carboxylic acids is 1. The fraction of sp³-hybridized carbons (Fsp3) is 0.571. The minimum atomic E-state index is -1.43. The molecule has 0 aromatic heterocycles. The van der Waals surface area contributed by atoms with E-state index >= 15 is 0 Å². The van der Waals surface area contributed by atoms with E-state index < -0.39 is 17.2 Å². The first-order valence-electron chi connectivity index (χ1n) is 3.06. The van der Waals surface area contributed by atoms with Crippen LogP contribution in [-0.2, 0) is 9.59 Å². The van der Waals surface area contributed by atoms with Gasteiger partial charge in [0.1, 0.15) is 5.41 Å². The van der Waals surface area contributed by atoms with Gasteiger partial charge in [-0.2, -0.15) is 5.26 Å². The Bertz CT molecular complexity index is 224. The Labute approximate surface area is 64.4 Å². The molecule has 0 atom stereocenters. The van der Waals surface area contributed by atoms with E-state index in [1.165, 1.54) is 13.8 Å². The molecule has 0 fully saturated rings. The third-order valence-corrected chi connectivity index (χ3v) is 1.47. The van der Waals surface area contributed by atoms with Crippen molar-refractivity contribution in [3.05, 3.63) is 0 Å². The first kappa shape index (κ1) is 9.63. The largest absolute Gasteiger partial charge is 0.481 e. The van der Waals surface area contributed by atoms with Gasteiger partial charge in [-0.3, -0.25) is 9.59 Å². The van der Waals surface area contributed by atoms with Gasteiger partial charge in [0.05, 0.1) is 12.5 Å². The van der Waals surface area contributed by atoms with Crippen LogP contribution >= 0.6 is 0 Å². The minimum Gasteiger partial charge on any atom is -0.481 e. The lowest BCUT2D eigenvalue weighted by atomic mass is 9.87. The molecule has 0 radical (unpaired) electrons. The summed E-state index contributed by atoms with van der Waals surface area (Å²) < 4.78 is 0. The molecule has 0 aliphatic heterocycles. The number of carboxylic acids is 1. The molecule has 0 heterocycles. The predicted molar refractivity (Wildman–Crippen MR) is 36.7 cm³/mol. The first-order chi connectivity index (χ1) is 4.92. The molecule has 0 amide bonds. The topological polar surface area (TPSA) is 78.2 Å². The van der Waals surface area contributed by atoms with Gasteiger partial charge < -0.3 is 5.11 Å². The summed E-state index contributed by atoms with van der Waals surface area (Å²) in [6.07, 6.45) is -0.348. The second-order valence-corrected chi connectivity index (χ2v) is 2.69. The van der Waals surface area contributed by atoms with Crippen molar-refractivity contribution in [3.8, 4) is 6.07 Å². The van der Waals surface area contributed by atoms with Crippen LogP contribution in [0.15, 0.2) is 0 Å². The number of carbonyl (C=O) groups is 2. The van der Waals surface area contributed by atoms with E-state index in [-0.39, 0.29) is 6.42 Å². The van der Waals surface area contributed by atoms with Crippen LogP contribution in [0.5, 0.6) is 0 Å². The van der Waals surface area contributed by atoms with E-state index in [4.69, 9.17) is 10.4 Å². The Morgan fingerprint density at radius 3 is 2.27 bits per heavy atom. The van der Waals surface area contributed by atoms with Crippen LogP contribution in [0.2, 0.25) is 0 Å². The third-order valence-electron chi connectivity index (χ3n) is 1.47. The molecule has 0 aromatic carbocycles. The SMILES string of the molecule is CC(C)(C(=O)O)C(=O)CC#N. The van der Waals surface area contributed by atoms with Crippen molar-refractivity contribution in [1.29, 1.82) is 5.26 Å². The second-order valence-electron chi connectivity index (χ2n) is 2.69. The number of hydrogen-bond acceptors (Lipinski definition) is 3. The average Bonchev–Trinajstić information content (AvgIpc) is 1.88. The summed E-state index contributed by atoms with van der Waals surface area (Å²) >= 11 is 0. The van der Waals surface area contributed by atoms with Crippen LogP contribution in [0.25, 0.3) is 0 Å². The lowest BCUT2D eigenvalue weighted by Crippen LogP contribution is -2.32. The predicted octanol–water partition coefficient (Wildman–Crippen LogP) is 0.580. The van der Waals surface area contributed by atoms with Crippen LogP contribution in [0, 0.1) is 16.7 Å². The van der Waals surface area contributed by atoms with Gasteiger partial charge in [0.25, 0.3) is 0 Å². The van der Waals surface area contributed by atoms with Crippen LogP contribution in [0.4, 0.5) is 0 Å². The van der Waals surface area contributed by atoms with Crippen LogP contribution in [0.1, 0.15) is 20.3 Å². The zero-order chi connectivity index (χ0) is 9.07. The summed E-state index contributed by atoms with van der Waals surface area (Å²) in [7, 11) is 0. The zero-order valence-corrected chi connectivity index (χ0v) is 6.42. The van der Waals surface area contributed by atoms with E-state index in [2.05, 4.69) is 0 Å². The smallest absolute Gasteiger partial charge is 0.316 e. The maximum atomic E-state index is 10.9. The Morgan fingerprint density at radius 2 is 2.00 bits per heavy atom. The molecule has 0 spiro atoms. The number of nitrogens with zero attached hydrogens (tertiary/aromatic N) is 1. The van der Waals surface area contributed by atoms with E-state index in [1.54, 1.807) is 6.07 Å². The van der Waals surface area contributed by atoms with Crippen LogP contribution < -0.4 is 0 Å². The Balaban J connectivity index is 4.45. The Kier molecular flexibility index (Phi) is 2.76. The fourth-order valence-electron chi connectivity index (χ4n) is 0.412. The number of ketones is 1. The van der Waals surface area contributed by atoms with Gasteiger partial charge >= 0.3 is 5.97 Å². The summed E-state index contributed by atoms with van der Waals surface area (Å²) in [6, 6.07) is 1.62. The molecule has 0 bridgehead atoms. The van der Waals surface area contributed by atoms with Crippen molar-refractivity contribution in [2.75, 3.05) is 0 Å². The highest BCUT2D eigenvalue weighted by Gasteiger charge is 2.34. The van der Waals surface area contributed by atoms with Crippen molar-refractivity contribution < 1.29 is 14.7 Å². The molecule has 0 unspecified atom stereocenters. The summed E-state index contributed by atoms with van der Waals surface area (Å²) in [6.45, 7) is 2.57. The molecule has 0 aliphatic carbocycles. The highest BCUT2D eigenvalue weighted by molar-refractivity contribution is 6.02. The third kappa shape index (κ3) is 2.04. The highest BCUT2D eigenvalue weighted by atomic mass is 16.4. The first-order valence-corrected chi connectivity index (χ1v) is 3.06. The molecule has 1 N–H and O–H groups in total. The van der Waals surface area contributed by atoms with Crippen molar-refractivity contribution in [2.45, 2.75) is 20.3 Å². The number of hydrogen-bond donors (Lipinski definition) is 1. The summed E-state index contributed by atoms with van der Waals surface area (Å²) in [5.41, 5.74) is -1.43. The number of aliphatic carboxylic acids is 1. The molecule has 0 saturated carbocycles.